The second kappa shape index (κ2) is 4.61. The van der Waals surface area contributed by atoms with Gasteiger partial charge >= 0.3 is 0 Å². The van der Waals surface area contributed by atoms with Gasteiger partial charge in [0.2, 0.25) is 11.4 Å². The lowest BCUT2D eigenvalue weighted by Crippen LogP contribution is -2.17. The first-order valence-electron chi connectivity index (χ1n) is 4.51. The zero-order valence-electron chi connectivity index (χ0n) is 9.24. The van der Waals surface area contributed by atoms with Crippen molar-refractivity contribution in [3.05, 3.63) is 11.4 Å². The number of aromatic nitrogens is 4. The molecule has 0 aliphatic carbocycles. The number of methoxy groups -OCH3 is 2. The molecule has 0 atom stereocenters. The van der Waals surface area contributed by atoms with Crippen molar-refractivity contribution in [1.82, 2.24) is 20.6 Å². The summed E-state index contributed by atoms with van der Waals surface area (Å²) in [5, 5.41) is 13.1. The molecule has 94 valence electrons. The summed E-state index contributed by atoms with van der Waals surface area (Å²) in [5.41, 5.74) is -0.736. The summed E-state index contributed by atoms with van der Waals surface area (Å²) in [4.78, 5) is 23.6. The van der Waals surface area contributed by atoms with Gasteiger partial charge < -0.3 is 9.47 Å². The molecule has 10 nitrogen and oxygen atoms in total. The molecule has 2 aromatic heterocycles. The Kier molecular flexibility index (Phi) is 3.00. The van der Waals surface area contributed by atoms with Crippen LogP contribution in [-0.4, -0.2) is 46.4 Å². The molecule has 0 N–H and O–H groups in total. The Hall–Kier alpha value is -2.78. The monoisotopic (exact) mass is 254 g/mol. The zero-order chi connectivity index (χ0) is 13.1. The van der Waals surface area contributed by atoms with Gasteiger partial charge in [-0.05, 0) is 20.6 Å². The molecule has 2 heterocycles. The molecule has 0 saturated heterocycles. The number of hydrogen-bond donors (Lipinski definition) is 0. The van der Waals surface area contributed by atoms with Crippen LogP contribution in [0.1, 0.15) is 21.0 Å². The number of ether oxygens (including phenoxy) is 2. The Labute approximate surface area is 98.8 Å². The van der Waals surface area contributed by atoms with Gasteiger partial charge in [-0.1, -0.05) is 0 Å². The number of ketones is 2. The van der Waals surface area contributed by atoms with E-state index in [4.69, 9.17) is 9.47 Å². The van der Waals surface area contributed by atoms with E-state index >= 15 is 0 Å². The van der Waals surface area contributed by atoms with Gasteiger partial charge in [-0.25, -0.2) is 9.26 Å². The van der Waals surface area contributed by atoms with Gasteiger partial charge in [-0.15, -0.1) is 0 Å². The van der Waals surface area contributed by atoms with Crippen LogP contribution in [-0.2, 0) is 0 Å². The molecular weight excluding hydrogens is 248 g/mol. The van der Waals surface area contributed by atoms with Crippen molar-refractivity contribution >= 4 is 11.6 Å². The smallest absolute Gasteiger partial charge is 0.287 e. The van der Waals surface area contributed by atoms with Crippen LogP contribution in [0.4, 0.5) is 0 Å². The van der Waals surface area contributed by atoms with Crippen LogP contribution < -0.4 is 9.47 Å². The normalized spacial score (nSPS) is 10.1. The predicted octanol–water partition coefficient (Wildman–Crippen LogP) is -0.465. The van der Waals surface area contributed by atoms with E-state index in [1.165, 1.54) is 14.2 Å². The summed E-state index contributed by atoms with van der Waals surface area (Å²) < 4.78 is 18.0. The lowest BCUT2D eigenvalue weighted by Gasteiger charge is -1.96. The Bertz CT molecular complexity index is 536. The summed E-state index contributed by atoms with van der Waals surface area (Å²) >= 11 is 0. The fraction of sp³-hybridized carbons (Fsp3) is 0.250. The number of carbonyl (C=O) groups excluding carboxylic acids is 2. The van der Waals surface area contributed by atoms with Crippen molar-refractivity contribution in [2.45, 2.75) is 0 Å². The summed E-state index contributed by atoms with van der Waals surface area (Å²) in [7, 11) is 2.50. The van der Waals surface area contributed by atoms with Crippen LogP contribution >= 0.6 is 0 Å². The highest BCUT2D eigenvalue weighted by Crippen LogP contribution is 2.18. The first kappa shape index (κ1) is 11.7. The molecule has 0 aliphatic heterocycles. The van der Waals surface area contributed by atoms with E-state index in [-0.39, 0.29) is 23.1 Å². The summed E-state index contributed by atoms with van der Waals surface area (Å²) in [5.74, 6) is -2.46. The van der Waals surface area contributed by atoms with Gasteiger partial charge in [-0.3, -0.25) is 9.59 Å². The number of Topliss-reactive ketones (excluding diaryl/α,β-unsaturated/α-hetero) is 2. The predicted molar refractivity (Wildman–Crippen MR) is 50.4 cm³/mol. The molecule has 10 heteroatoms. The van der Waals surface area contributed by atoms with Crippen LogP contribution in [0.25, 0.3) is 0 Å². The van der Waals surface area contributed by atoms with Gasteiger partial charge in [-0.2, -0.15) is 0 Å². The molecule has 0 amide bonds. The van der Waals surface area contributed by atoms with E-state index in [2.05, 4.69) is 29.9 Å². The first-order valence-corrected chi connectivity index (χ1v) is 4.51. The highest BCUT2D eigenvalue weighted by molar-refractivity contribution is 6.49. The maximum atomic E-state index is 11.8. The second-order valence-electron chi connectivity index (χ2n) is 2.90. The van der Waals surface area contributed by atoms with Gasteiger partial charge in [0.15, 0.2) is 0 Å². The number of rotatable bonds is 5. The maximum Gasteiger partial charge on any atom is 0.287 e. The zero-order valence-corrected chi connectivity index (χ0v) is 9.24. The minimum atomic E-state index is -1.03. The first-order chi connectivity index (χ1) is 8.69. The van der Waals surface area contributed by atoms with E-state index < -0.39 is 11.6 Å². The van der Waals surface area contributed by atoms with E-state index in [0.717, 1.165) is 0 Å². The Balaban J connectivity index is 2.32. The van der Waals surface area contributed by atoms with E-state index in [0.29, 0.717) is 0 Å². The van der Waals surface area contributed by atoms with Crippen molar-refractivity contribution in [3.63, 3.8) is 0 Å². The Morgan fingerprint density at radius 2 is 1.22 bits per heavy atom. The van der Waals surface area contributed by atoms with Gasteiger partial charge in [0.05, 0.1) is 14.2 Å². The highest BCUT2D eigenvalue weighted by Gasteiger charge is 2.32. The van der Waals surface area contributed by atoms with E-state index in [1.807, 2.05) is 0 Å². The SMILES string of the molecule is COc1nonc1C(=O)C(=O)c1nonc1OC. The van der Waals surface area contributed by atoms with Gasteiger partial charge in [0, 0.05) is 0 Å². The molecule has 0 saturated carbocycles. The molecule has 0 fully saturated rings. The van der Waals surface area contributed by atoms with Crippen molar-refractivity contribution in [2.24, 2.45) is 0 Å². The fourth-order valence-electron chi connectivity index (χ4n) is 1.12. The Morgan fingerprint density at radius 1 is 0.833 bits per heavy atom. The van der Waals surface area contributed by atoms with Crippen LogP contribution in [0.2, 0.25) is 0 Å². The van der Waals surface area contributed by atoms with Crippen LogP contribution in [0.15, 0.2) is 9.26 Å². The van der Waals surface area contributed by atoms with Crippen molar-refractivity contribution < 1.29 is 28.3 Å². The van der Waals surface area contributed by atoms with Crippen LogP contribution in [0.5, 0.6) is 11.8 Å². The Morgan fingerprint density at radius 3 is 1.56 bits per heavy atom. The fourth-order valence-corrected chi connectivity index (χ4v) is 1.12. The highest BCUT2D eigenvalue weighted by atomic mass is 16.6. The molecule has 0 spiro atoms. The van der Waals surface area contributed by atoms with Crippen molar-refractivity contribution in [1.29, 1.82) is 0 Å². The lowest BCUT2D eigenvalue weighted by molar-refractivity contribution is 0.0802. The summed E-state index contributed by atoms with van der Waals surface area (Å²) in [6, 6.07) is 0. The molecule has 0 radical (unpaired) electrons. The number of carbonyl (C=O) groups is 2. The molecule has 0 bridgehead atoms. The van der Waals surface area contributed by atoms with Crippen molar-refractivity contribution in [3.8, 4) is 11.8 Å². The molecule has 0 unspecified atom stereocenters. The molecule has 2 aromatic rings. The average molecular weight is 254 g/mol. The standard InChI is InChI=1S/C8H6N4O6/c1-15-7-3(9-17-11-7)5(13)6(14)4-8(16-2)12-18-10-4/h1-2H3. The molecule has 18 heavy (non-hydrogen) atoms. The van der Waals surface area contributed by atoms with Crippen LogP contribution in [0.3, 0.4) is 0 Å². The topological polar surface area (TPSA) is 130 Å². The molecule has 0 aliphatic rings. The average Bonchev–Trinajstić information content (AvgIpc) is 3.04. The van der Waals surface area contributed by atoms with Gasteiger partial charge in [0.25, 0.3) is 23.3 Å². The van der Waals surface area contributed by atoms with Crippen LogP contribution in [0, 0.1) is 0 Å². The second-order valence-corrected chi connectivity index (χ2v) is 2.90. The summed E-state index contributed by atoms with van der Waals surface area (Å²) in [6.45, 7) is 0. The van der Waals surface area contributed by atoms with E-state index in [1.54, 1.807) is 0 Å². The molecule has 2 rings (SSSR count). The largest absolute Gasteiger partial charge is 0.477 e. The van der Waals surface area contributed by atoms with Gasteiger partial charge in [0.1, 0.15) is 0 Å². The number of nitrogens with zero attached hydrogens (tertiary/aromatic N) is 4. The van der Waals surface area contributed by atoms with E-state index in [9.17, 15) is 9.59 Å². The maximum absolute atomic E-state index is 11.8. The third kappa shape index (κ3) is 1.79. The summed E-state index contributed by atoms with van der Waals surface area (Å²) in [6.07, 6.45) is 0. The lowest BCUT2D eigenvalue weighted by atomic mass is 10.1. The van der Waals surface area contributed by atoms with Crippen molar-refractivity contribution in [2.75, 3.05) is 14.2 Å². The molecular formula is C8H6N4O6. The third-order valence-corrected chi connectivity index (χ3v) is 1.94. The molecule has 0 aromatic carbocycles. The number of hydrogen-bond acceptors (Lipinski definition) is 10. The third-order valence-electron chi connectivity index (χ3n) is 1.94. The quantitative estimate of drug-likeness (QED) is 0.509. The minimum Gasteiger partial charge on any atom is -0.477 e. The minimum absolute atomic E-state index is 0.205.